The van der Waals surface area contributed by atoms with Crippen LogP contribution in [0.3, 0.4) is 0 Å². The number of nitrogens with one attached hydrogen (secondary N) is 4. The molecule has 9 N–H and O–H groups in total. The minimum Gasteiger partial charge on any atom is -0.480 e. The number of benzene rings is 1. The molecule has 22 heteroatoms. The molecule has 22 nitrogen and oxygen atoms in total. The van der Waals surface area contributed by atoms with E-state index in [-0.39, 0.29) is 110 Å². The zero-order valence-electron chi connectivity index (χ0n) is 38.3. The summed E-state index contributed by atoms with van der Waals surface area (Å²) in [6.07, 6.45) is 6.00. The lowest BCUT2D eigenvalue weighted by Crippen LogP contribution is -2.53. The first-order valence-electron chi connectivity index (χ1n) is 22.7. The fourth-order valence-corrected chi connectivity index (χ4v) is 7.47. The van der Waals surface area contributed by atoms with E-state index in [1.165, 1.54) is 0 Å². The molecule has 0 aromatic heterocycles. The van der Waals surface area contributed by atoms with Crippen molar-refractivity contribution in [2.75, 3.05) is 85.1 Å². The number of nitrogens with zero attached hydrogens (tertiary/aromatic N) is 4. The Morgan fingerprint density at radius 3 is 1.67 bits per heavy atom. The predicted octanol–water partition coefficient (Wildman–Crippen LogP) is -0.0786. The molecule has 0 aliphatic carbocycles. The number of carbonyl (C=O) groups is 9. The summed E-state index contributed by atoms with van der Waals surface area (Å²) >= 11 is 0. The van der Waals surface area contributed by atoms with E-state index in [2.05, 4.69) is 27.8 Å². The van der Waals surface area contributed by atoms with E-state index in [0.29, 0.717) is 49.9 Å². The van der Waals surface area contributed by atoms with Crippen LogP contribution in [0.4, 0.5) is 0 Å². The summed E-state index contributed by atoms with van der Waals surface area (Å²) in [7, 11) is 0. The number of carbonyl (C=O) groups excluding carboxylic acids is 4. The quantitative estimate of drug-likeness (QED) is 0.0337. The van der Waals surface area contributed by atoms with E-state index in [4.69, 9.17) is 0 Å². The summed E-state index contributed by atoms with van der Waals surface area (Å²) in [6, 6.07) is 5.23. The molecule has 1 aromatic rings. The lowest BCUT2D eigenvalue weighted by Gasteiger charge is -2.35. The number of hydrogen-bond donors (Lipinski definition) is 9. The number of aliphatic carboxylic acids is 5. The lowest BCUT2D eigenvalue weighted by atomic mass is 10.0. The highest BCUT2D eigenvalue weighted by Crippen LogP contribution is 2.14. The van der Waals surface area contributed by atoms with Gasteiger partial charge in [-0.05, 0) is 50.5 Å². The third-order valence-corrected chi connectivity index (χ3v) is 11.2. The number of unbranched alkanes of at least 4 members (excludes halogenated alkanes) is 5. The summed E-state index contributed by atoms with van der Waals surface area (Å²) < 4.78 is 0. The van der Waals surface area contributed by atoms with Gasteiger partial charge in [0.05, 0.1) is 26.2 Å². The van der Waals surface area contributed by atoms with Gasteiger partial charge in [0.1, 0.15) is 24.4 Å². The van der Waals surface area contributed by atoms with Crippen LogP contribution in [0.1, 0.15) is 76.2 Å². The number of carboxylic acid groups (broad SMARTS) is 5. The average molecular weight is 947 g/mol. The number of allylic oxidation sites excluding steroid dienone is 1. The van der Waals surface area contributed by atoms with Crippen LogP contribution in [0.5, 0.6) is 0 Å². The molecule has 1 heterocycles. The van der Waals surface area contributed by atoms with Gasteiger partial charge in [-0.2, -0.15) is 0 Å². The maximum absolute atomic E-state index is 13.6. The van der Waals surface area contributed by atoms with Crippen molar-refractivity contribution in [2.24, 2.45) is 0 Å². The van der Waals surface area contributed by atoms with Crippen LogP contribution in [0.2, 0.25) is 0 Å². The molecule has 0 radical (unpaired) electrons. The van der Waals surface area contributed by atoms with Crippen molar-refractivity contribution >= 4 is 53.9 Å². The van der Waals surface area contributed by atoms with E-state index < -0.39 is 59.8 Å². The molecule has 67 heavy (non-hydrogen) atoms. The van der Waals surface area contributed by atoms with Gasteiger partial charge in [0.2, 0.25) is 17.7 Å². The van der Waals surface area contributed by atoms with Crippen LogP contribution in [-0.2, 0) is 49.6 Å². The van der Waals surface area contributed by atoms with E-state index >= 15 is 0 Å². The Morgan fingerprint density at radius 1 is 0.597 bits per heavy atom. The van der Waals surface area contributed by atoms with Crippen molar-refractivity contribution < 1.29 is 68.7 Å². The standard InChI is InChI=1S/C45H70N8O14/c1-33(16-17-37(45(66)67)53-25-23-51(31-41(59)60)21-19-50(30-40(57)58)20-22-52(24-26-53)32-42(61)62)47-29-39(56)48-36(28-34-12-6-5-7-13-34)43(63)49-35(44(64)65)14-9-10-18-46-38(55)15-8-3-2-4-11-27-54/h5-7,12-13,27,35-37,47H,1-4,8-11,14-26,28-32H2,(H,46,55)(H,48,56)(H,49,63)(H,57,58)(H,59,60)(H,61,62)(H,64,65)(H,66,67)/t35?,36-,37?/m1/s1. The van der Waals surface area contributed by atoms with Gasteiger partial charge in [-0.1, -0.05) is 49.8 Å². The fourth-order valence-electron chi connectivity index (χ4n) is 7.47. The van der Waals surface area contributed by atoms with Gasteiger partial charge >= 0.3 is 29.8 Å². The van der Waals surface area contributed by atoms with Crippen LogP contribution >= 0.6 is 0 Å². The SMILES string of the molecule is C=C(CCC(C(=O)O)N1CCN(CC(=O)O)CCN(CC(=O)O)CCN(CC(=O)O)CC1)NCC(=O)N[C@H](Cc1ccccc1)C(=O)NC(CCCCNC(=O)CCCCCCC=O)C(=O)O. The van der Waals surface area contributed by atoms with Crippen LogP contribution in [0, 0.1) is 0 Å². The van der Waals surface area contributed by atoms with Gasteiger partial charge in [-0.25, -0.2) is 4.79 Å². The van der Waals surface area contributed by atoms with Crippen molar-refractivity contribution in [1.82, 2.24) is 40.9 Å². The van der Waals surface area contributed by atoms with Crippen molar-refractivity contribution in [3.05, 3.63) is 48.2 Å². The second kappa shape index (κ2) is 32.7. The molecule has 0 spiro atoms. The Kier molecular flexibility index (Phi) is 27.9. The molecule has 0 saturated carbocycles. The first-order chi connectivity index (χ1) is 32.0. The first-order valence-corrected chi connectivity index (χ1v) is 22.7. The average Bonchev–Trinajstić information content (AvgIpc) is 3.26. The van der Waals surface area contributed by atoms with Crippen molar-refractivity contribution in [1.29, 1.82) is 0 Å². The largest absolute Gasteiger partial charge is 0.480 e. The molecule has 1 saturated heterocycles. The molecule has 374 valence electrons. The van der Waals surface area contributed by atoms with Crippen LogP contribution in [-0.4, -0.2) is 202 Å². The van der Waals surface area contributed by atoms with Crippen molar-refractivity contribution in [3.63, 3.8) is 0 Å². The van der Waals surface area contributed by atoms with Crippen LogP contribution in [0.25, 0.3) is 0 Å². The molecular formula is C45H70N8O14. The predicted molar refractivity (Wildman–Crippen MR) is 244 cm³/mol. The first kappa shape index (κ1) is 57.2. The Bertz CT molecular complexity index is 1740. The number of amides is 3. The Morgan fingerprint density at radius 2 is 1.15 bits per heavy atom. The molecule has 1 aliphatic heterocycles. The van der Waals surface area contributed by atoms with Gasteiger partial charge in [-0.3, -0.25) is 53.2 Å². The van der Waals surface area contributed by atoms with Gasteiger partial charge in [0.15, 0.2) is 0 Å². The van der Waals surface area contributed by atoms with Gasteiger partial charge in [0.25, 0.3) is 0 Å². The molecule has 1 aliphatic rings. The summed E-state index contributed by atoms with van der Waals surface area (Å²) in [5.74, 6) is -7.24. The van der Waals surface area contributed by atoms with E-state index in [1.807, 2.05) is 0 Å². The molecular weight excluding hydrogens is 877 g/mol. The number of carboxylic acids is 5. The normalized spacial score (nSPS) is 15.9. The van der Waals surface area contributed by atoms with E-state index in [1.54, 1.807) is 49.9 Å². The lowest BCUT2D eigenvalue weighted by molar-refractivity contribution is -0.145. The molecule has 1 fully saturated rings. The molecule has 0 bridgehead atoms. The highest BCUT2D eigenvalue weighted by atomic mass is 16.4. The second-order valence-corrected chi connectivity index (χ2v) is 16.6. The maximum Gasteiger partial charge on any atom is 0.326 e. The minimum atomic E-state index is -1.27. The second-order valence-electron chi connectivity index (χ2n) is 16.6. The Hall–Kier alpha value is -5.97. The van der Waals surface area contributed by atoms with E-state index in [9.17, 15) is 68.7 Å². The van der Waals surface area contributed by atoms with Crippen molar-refractivity contribution in [3.8, 4) is 0 Å². The summed E-state index contributed by atoms with van der Waals surface area (Å²) in [6.45, 7) is 3.95. The molecule has 3 atom stereocenters. The van der Waals surface area contributed by atoms with Gasteiger partial charge < -0.3 is 51.6 Å². The number of rotatable bonds is 32. The van der Waals surface area contributed by atoms with Crippen molar-refractivity contribution in [2.45, 2.75) is 95.2 Å². The molecule has 2 rings (SSSR count). The zero-order chi connectivity index (χ0) is 49.6. The fraction of sp³-hybridized carbons (Fsp3) is 0.622. The molecule has 3 amide bonds. The maximum atomic E-state index is 13.6. The summed E-state index contributed by atoms with van der Waals surface area (Å²) in [5, 5.41) is 59.7. The molecule has 2 unspecified atom stereocenters. The monoisotopic (exact) mass is 947 g/mol. The Balaban J connectivity index is 2.04. The number of hydrogen-bond acceptors (Lipinski definition) is 14. The highest BCUT2D eigenvalue weighted by Gasteiger charge is 2.29. The van der Waals surface area contributed by atoms with Gasteiger partial charge in [0, 0.05) is 83.9 Å². The van der Waals surface area contributed by atoms with Crippen LogP contribution in [0.15, 0.2) is 42.6 Å². The van der Waals surface area contributed by atoms with Crippen LogP contribution < -0.4 is 21.3 Å². The van der Waals surface area contributed by atoms with E-state index in [0.717, 1.165) is 25.5 Å². The minimum absolute atomic E-state index is 0.000719. The third kappa shape index (κ3) is 26.1. The topological polar surface area (TPSA) is 316 Å². The molecule has 1 aromatic carbocycles. The highest BCUT2D eigenvalue weighted by molar-refractivity contribution is 5.91. The summed E-state index contributed by atoms with van der Waals surface area (Å²) in [5.41, 5.74) is 0.995. The summed E-state index contributed by atoms with van der Waals surface area (Å²) in [4.78, 5) is 116. The number of aldehydes is 1. The zero-order valence-corrected chi connectivity index (χ0v) is 38.3. The smallest absolute Gasteiger partial charge is 0.326 e. The third-order valence-electron chi connectivity index (χ3n) is 11.2. The van der Waals surface area contributed by atoms with Gasteiger partial charge in [-0.15, -0.1) is 0 Å². The Labute approximate surface area is 391 Å².